The van der Waals surface area contributed by atoms with Gasteiger partial charge >= 0.3 is 11.9 Å². The van der Waals surface area contributed by atoms with Gasteiger partial charge < -0.3 is 47.7 Å². The van der Waals surface area contributed by atoms with E-state index >= 15 is 0 Å². The summed E-state index contributed by atoms with van der Waals surface area (Å²) in [6.45, 7) is -0.696. The zero-order valence-electron chi connectivity index (χ0n) is 20.9. The fourth-order valence-electron chi connectivity index (χ4n) is 3.72. The number of benzene rings is 1. The van der Waals surface area contributed by atoms with Crippen molar-refractivity contribution in [3.05, 3.63) is 36.0 Å². The average Bonchev–Trinajstić information content (AvgIpc) is 3.29. The normalized spacial score (nSPS) is 14.0. The molecule has 4 amide bonds. The summed E-state index contributed by atoms with van der Waals surface area (Å²) in [5.41, 5.74) is 12.0. The number of rotatable bonds is 16. The number of aliphatic carboxylic acids is 2. The number of hydrogen-bond acceptors (Lipinski definition) is 8. The van der Waals surface area contributed by atoms with Crippen molar-refractivity contribution in [2.75, 3.05) is 6.61 Å². The van der Waals surface area contributed by atoms with E-state index in [1.165, 1.54) is 0 Å². The van der Waals surface area contributed by atoms with Crippen LogP contribution in [0.15, 0.2) is 30.5 Å². The number of aromatic nitrogens is 1. The number of carboxylic acids is 2. The lowest BCUT2D eigenvalue weighted by molar-refractivity contribution is -0.143. The zero-order valence-corrected chi connectivity index (χ0v) is 20.9. The Bertz CT molecular complexity index is 1210. The Morgan fingerprint density at radius 1 is 0.846 bits per heavy atom. The number of carboxylic acid groups (broad SMARTS) is 2. The molecule has 0 saturated heterocycles. The molecule has 1 heterocycles. The number of carbonyl (C=O) groups excluding carboxylic acids is 4. The van der Waals surface area contributed by atoms with Gasteiger partial charge in [-0.25, -0.2) is 4.79 Å². The molecule has 0 saturated carbocycles. The third kappa shape index (κ3) is 9.39. The highest BCUT2D eigenvalue weighted by Gasteiger charge is 2.31. The van der Waals surface area contributed by atoms with Crippen molar-refractivity contribution < 1.29 is 44.1 Å². The van der Waals surface area contributed by atoms with Crippen LogP contribution in [-0.2, 0) is 35.2 Å². The predicted molar refractivity (Wildman–Crippen MR) is 136 cm³/mol. The molecule has 2 aromatic rings. The summed E-state index contributed by atoms with van der Waals surface area (Å²) in [5, 5.41) is 35.4. The van der Waals surface area contributed by atoms with Gasteiger partial charge in [-0.3, -0.25) is 24.0 Å². The lowest BCUT2D eigenvalue weighted by atomic mass is 10.0. The average molecular weight is 549 g/mol. The van der Waals surface area contributed by atoms with E-state index in [1.54, 1.807) is 30.5 Å². The van der Waals surface area contributed by atoms with E-state index in [4.69, 9.17) is 16.6 Å². The molecule has 0 aliphatic carbocycles. The Balaban J connectivity index is 2.29. The predicted octanol–water partition coefficient (Wildman–Crippen LogP) is -2.30. The standard InChI is InChI=1S/C24H32N6O9/c25-14(11-31)21(35)30-18(9-12-10-27-15-4-2-1-3-13(12)15)23(37)28-16(6-8-20(33)34)22(36)29-17(24(38)39)5-7-19(26)32/h1-4,10,14,16-18,27,31H,5-9,11,25H2,(H2,26,32)(H,28,37)(H,29,36)(H,30,35)(H,33,34)(H,38,39). The SMILES string of the molecule is NC(=O)CCC(NC(=O)C(CCC(=O)O)NC(=O)C(Cc1c[nH]c2ccccc12)NC(=O)C(N)CO)C(=O)O. The molecule has 0 bridgehead atoms. The lowest BCUT2D eigenvalue weighted by Gasteiger charge is -2.25. The summed E-state index contributed by atoms with van der Waals surface area (Å²) >= 11 is 0. The third-order valence-corrected chi connectivity index (χ3v) is 5.84. The number of aliphatic hydroxyl groups excluding tert-OH is 1. The first-order valence-electron chi connectivity index (χ1n) is 12.0. The van der Waals surface area contributed by atoms with E-state index in [9.17, 15) is 39.0 Å². The Morgan fingerprint density at radius 3 is 2.05 bits per heavy atom. The first-order valence-corrected chi connectivity index (χ1v) is 12.0. The molecule has 0 fully saturated rings. The molecule has 4 unspecified atom stereocenters. The summed E-state index contributed by atoms with van der Waals surface area (Å²) < 4.78 is 0. The summed E-state index contributed by atoms with van der Waals surface area (Å²) in [5.74, 6) is -6.26. The summed E-state index contributed by atoms with van der Waals surface area (Å²) in [6.07, 6.45) is -0.0516. The molecule has 39 heavy (non-hydrogen) atoms. The van der Waals surface area contributed by atoms with Crippen LogP contribution < -0.4 is 27.4 Å². The fraction of sp³-hybridized carbons (Fsp3) is 0.417. The number of carbonyl (C=O) groups is 6. The minimum Gasteiger partial charge on any atom is -0.481 e. The first-order chi connectivity index (χ1) is 18.4. The Kier molecular flexibility index (Phi) is 11.4. The zero-order chi connectivity index (χ0) is 29.1. The molecule has 0 radical (unpaired) electrons. The number of nitrogens with one attached hydrogen (secondary N) is 4. The molecule has 1 aromatic carbocycles. The van der Waals surface area contributed by atoms with Crippen LogP contribution in [0.1, 0.15) is 31.2 Å². The summed E-state index contributed by atoms with van der Waals surface area (Å²) in [6, 6.07) is 1.50. The van der Waals surface area contributed by atoms with Crippen LogP contribution in [0.5, 0.6) is 0 Å². The minimum absolute atomic E-state index is 0.0661. The molecule has 0 spiro atoms. The third-order valence-electron chi connectivity index (χ3n) is 5.84. The van der Waals surface area contributed by atoms with E-state index < -0.39 is 79.2 Å². The smallest absolute Gasteiger partial charge is 0.326 e. The first kappa shape index (κ1) is 30.7. The second kappa shape index (κ2) is 14.4. The summed E-state index contributed by atoms with van der Waals surface area (Å²) in [4.78, 5) is 75.4. The highest BCUT2D eigenvalue weighted by molar-refractivity contribution is 5.95. The number of H-pyrrole nitrogens is 1. The number of amides is 4. The van der Waals surface area contributed by atoms with E-state index in [-0.39, 0.29) is 19.3 Å². The van der Waals surface area contributed by atoms with Gasteiger partial charge in [-0.1, -0.05) is 18.2 Å². The molecule has 0 aliphatic heterocycles. The van der Waals surface area contributed by atoms with E-state index in [0.29, 0.717) is 5.56 Å². The van der Waals surface area contributed by atoms with Gasteiger partial charge in [0.05, 0.1) is 6.61 Å². The molecule has 212 valence electrons. The van der Waals surface area contributed by atoms with Crippen LogP contribution in [0.2, 0.25) is 0 Å². The number of fused-ring (bicyclic) bond motifs is 1. The molecule has 2 rings (SSSR count). The second-order valence-corrected chi connectivity index (χ2v) is 8.81. The van der Waals surface area contributed by atoms with Crippen molar-refractivity contribution in [2.24, 2.45) is 11.5 Å². The quantitative estimate of drug-likeness (QED) is 0.108. The maximum atomic E-state index is 13.3. The van der Waals surface area contributed by atoms with Crippen LogP contribution in [0.25, 0.3) is 10.9 Å². The van der Waals surface area contributed by atoms with Gasteiger partial charge in [0.15, 0.2) is 0 Å². The number of para-hydroxylation sites is 1. The van der Waals surface area contributed by atoms with Crippen molar-refractivity contribution in [3.63, 3.8) is 0 Å². The molecular weight excluding hydrogens is 516 g/mol. The van der Waals surface area contributed by atoms with Crippen LogP contribution in [0.3, 0.4) is 0 Å². The van der Waals surface area contributed by atoms with Gasteiger partial charge in [-0.15, -0.1) is 0 Å². The monoisotopic (exact) mass is 548 g/mol. The lowest BCUT2D eigenvalue weighted by Crippen LogP contribution is -2.58. The number of primary amides is 1. The van der Waals surface area contributed by atoms with Gasteiger partial charge in [0.25, 0.3) is 0 Å². The van der Waals surface area contributed by atoms with E-state index in [2.05, 4.69) is 20.9 Å². The second-order valence-electron chi connectivity index (χ2n) is 8.81. The van der Waals surface area contributed by atoms with Crippen LogP contribution in [-0.4, -0.2) is 86.6 Å². The van der Waals surface area contributed by atoms with Crippen molar-refractivity contribution in [1.29, 1.82) is 0 Å². The Hall–Kier alpha value is -4.50. The molecular formula is C24H32N6O9. The topological polar surface area (TPSA) is 267 Å². The summed E-state index contributed by atoms with van der Waals surface area (Å²) in [7, 11) is 0. The minimum atomic E-state index is -1.53. The van der Waals surface area contributed by atoms with E-state index in [1.807, 2.05) is 0 Å². The van der Waals surface area contributed by atoms with E-state index in [0.717, 1.165) is 10.9 Å². The number of aliphatic hydroxyl groups is 1. The van der Waals surface area contributed by atoms with Gasteiger partial charge in [0, 0.05) is 36.4 Å². The molecule has 11 N–H and O–H groups in total. The van der Waals surface area contributed by atoms with Crippen molar-refractivity contribution in [1.82, 2.24) is 20.9 Å². The van der Waals surface area contributed by atoms with Gasteiger partial charge in [0.1, 0.15) is 24.2 Å². The van der Waals surface area contributed by atoms with Crippen LogP contribution in [0, 0.1) is 0 Å². The molecule has 1 aromatic heterocycles. The van der Waals surface area contributed by atoms with Crippen LogP contribution in [0.4, 0.5) is 0 Å². The number of aromatic amines is 1. The largest absolute Gasteiger partial charge is 0.481 e. The van der Waals surface area contributed by atoms with Gasteiger partial charge in [-0.05, 0) is 24.5 Å². The highest BCUT2D eigenvalue weighted by atomic mass is 16.4. The fourth-order valence-corrected chi connectivity index (χ4v) is 3.72. The van der Waals surface area contributed by atoms with Crippen molar-refractivity contribution in [2.45, 2.75) is 56.3 Å². The maximum Gasteiger partial charge on any atom is 0.326 e. The molecule has 4 atom stereocenters. The van der Waals surface area contributed by atoms with Gasteiger partial charge in [0.2, 0.25) is 23.6 Å². The Morgan fingerprint density at radius 2 is 1.44 bits per heavy atom. The Labute approximate surface area is 222 Å². The van der Waals surface area contributed by atoms with Crippen molar-refractivity contribution >= 4 is 46.5 Å². The number of nitrogens with two attached hydrogens (primary N) is 2. The van der Waals surface area contributed by atoms with Crippen molar-refractivity contribution in [3.8, 4) is 0 Å². The van der Waals surface area contributed by atoms with Crippen LogP contribution >= 0.6 is 0 Å². The van der Waals surface area contributed by atoms with Gasteiger partial charge in [-0.2, -0.15) is 0 Å². The maximum absolute atomic E-state index is 13.3. The molecule has 0 aliphatic rings. The molecule has 15 nitrogen and oxygen atoms in total. The highest BCUT2D eigenvalue weighted by Crippen LogP contribution is 2.19. The number of hydrogen-bond donors (Lipinski definition) is 9. The molecule has 15 heteroatoms.